The fraction of sp³-hybridized carbons (Fsp3) is 0.909. The maximum absolute atomic E-state index is 11.6. The number of β-amino-alcohol motifs (C(OH)–C–C–N with tert-alkyl or cyclic N) is 1. The van der Waals surface area contributed by atoms with Crippen molar-refractivity contribution in [2.45, 2.75) is 45.3 Å². The fourth-order valence-corrected chi connectivity index (χ4v) is 2.05. The van der Waals surface area contributed by atoms with Crippen LogP contribution < -0.4 is 0 Å². The smallest absolute Gasteiger partial charge is 0.323 e. The minimum Gasteiger partial charge on any atom is -0.465 e. The van der Waals surface area contributed by atoms with Crippen molar-refractivity contribution in [3.05, 3.63) is 0 Å². The molecule has 15 heavy (non-hydrogen) atoms. The molecule has 1 heterocycles. The SMILES string of the molecule is CCOC(=O)C1CCCCN1C[C@H](C)O. The zero-order chi connectivity index (χ0) is 11.3. The van der Waals surface area contributed by atoms with Gasteiger partial charge in [0.2, 0.25) is 0 Å². The van der Waals surface area contributed by atoms with Gasteiger partial charge in [0.05, 0.1) is 12.7 Å². The van der Waals surface area contributed by atoms with Crippen LogP contribution in [0.1, 0.15) is 33.1 Å². The van der Waals surface area contributed by atoms with Crippen LogP contribution in [0.2, 0.25) is 0 Å². The predicted octanol–water partition coefficient (Wildman–Crippen LogP) is 0.785. The lowest BCUT2D eigenvalue weighted by molar-refractivity contribution is -0.151. The number of esters is 1. The van der Waals surface area contributed by atoms with Crippen molar-refractivity contribution in [2.75, 3.05) is 19.7 Å². The number of aliphatic hydroxyl groups is 1. The van der Waals surface area contributed by atoms with Crippen molar-refractivity contribution in [1.82, 2.24) is 4.90 Å². The van der Waals surface area contributed by atoms with Gasteiger partial charge in [-0.05, 0) is 33.2 Å². The molecular formula is C11H21NO3. The molecule has 0 aromatic heterocycles. The Kier molecular flexibility index (Phi) is 5.05. The molecule has 2 atom stereocenters. The number of hydrogen-bond acceptors (Lipinski definition) is 4. The van der Waals surface area contributed by atoms with Gasteiger partial charge >= 0.3 is 5.97 Å². The van der Waals surface area contributed by atoms with Crippen molar-refractivity contribution < 1.29 is 14.6 Å². The van der Waals surface area contributed by atoms with Crippen molar-refractivity contribution in [2.24, 2.45) is 0 Å². The van der Waals surface area contributed by atoms with Gasteiger partial charge in [-0.2, -0.15) is 0 Å². The van der Waals surface area contributed by atoms with Crippen LogP contribution in [0, 0.1) is 0 Å². The second-order valence-corrected chi connectivity index (χ2v) is 4.11. The molecule has 1 saturated heterocycles. The molecule has 0 aromatic carbocycles. The largest absolute Gasteiger partial charge is 0.465 e. The molecule has 0 spiro atoms. The first-order valence-corrected chi connectivity index (χ1v) is 5.74. The average molecular weight is 215 g/mol. The summed E-state index contributed by atoms with van der Waals surface area (Å²) >= 11 is 0. The number of likely N-dealkylation sites (tertiary alicyclic amines) is 1. The Balaban J connectivity index is 2.52. The van der Waals surface area contributed by atoms with Crippen LogP contribution >= 0.6 is 0 Å². The second kappa shape index (κ2) is 6.08. The number of carbonyl (C=O) groups is 1. The van der Waals surface area contributed by atoms with E-state index in [0.29, 0.717) is 13.2 Å². The van der Waals surface area contributed by atoms with Gasteiger partial charge in [-0.3, -0.25) is 9.69 Å². The van der Waals surface area contributed by atoms with Gasteiger partial charge in [-0.15, -0.1) is 0 Å². The van der Waals surface area contributed by atoms with E-state index in [0.717, 1.165) is 25.8 Å². The molecule has 4 heteroatoms. The molecule has 1 rings (SSSR count). The van der Waals surface area contributed by atoms with Crippen LogP contribution in [0.3, 0.4) is 0 Å². The molecule has 1 fully saturated rings. The normalized spacial score (nSPS) is 24.9. The molecule has 88 valence electrons. The molecule has 0 bridgehead atoms. The molecule has 0 aromatic rings. The van der Waals surface area contributed by atoms with E-state index < -0.39 is 0 Å². The number of hydrogen-bond donors (Lipinski definition) is 1. The van der Waals surface area contributed by atoms with Crippen LogP contribution in [0.15, 0.2) is 0 Å². The fourth-order valence-electron chi connectivity index (χ4n) is 2.05. The zero-order valence-electron chi connectivity index (χ0n) is 9.61. The van der Waals surface area contributed by atoms with E-state index in [2.05, 4.69) is 0 Å². The highest BCUT2D eigenvalue weighted by Gasteiger charge is 2.30. The maximum Gasteiger partial charge on any atom is 0.323 e. The van der Waals surface area contributed by atoms with Gasteiger partial charge in [0.15, 0.2) is 0 Å². The summed E-state index contributed by atoms with van der Waals surface area (Å²) in [6, 6.07) is -0.145. The van der Waals surface area contributed by atoms with Crippen LogP contribution in [0.5, 0.6) is 0 Å². The summed E-state index contributed by atoms with van der Waals surface area (Å²) in [5.41, 5.74) is 0. The highest BCUT2D eigenvalue weighted by Crippen LogP contribution is 2.18. The monoisotopic (exact) mass is 215 g/mol. The number of piperidine rings is 1. The zero-order valence-corrected chi connectivity index (χ0v) is 9.61. The van der Waals surface area contributed by atoms with Crippen molar-refractivity contribution in [1.29, 1.82) is 0 Å². The van der Waals surface area contributed by atoms with Gasteiger partial charge in [-0.25, -0.2) is 0 Å². The van der Waals surface area contributed by atoms with Crippen molar-refractivity contribution in [3.63, 3.8) is 0 Å². The van der Waals surface area contributed by atoms with E-state index >= 15 is 0 Å². The maximum atomic E-state index is 11.6. The Morgan fingerprint density at radius 3 is 2.93 bits per heavy atom. The number of ether oxygens (including phenoxy) is 1. The standard InChI is InChI=1S/C11H21NO3/c1-3-15-11(14)10-6-4-5-7-12(10)8-9(2)13/h9-10,13H,3-8H2,1-2H3/t9-,10?/m0/s1. The van der Waals surface area contributed by atoms with Gasteiger partial charge in [-0.1, -0.05) is 6.42 Å². The lowest BCUT2D eigenvalue weighted by Gasteiger charge is -2.34. The minimum absolute atomic E-state index is 0.141. The van der Waals surface area contributed by atoms with Crippen LogP contribution in [-0.4, -0.2) is 47.8 Å². The van der Waals surface area contributed by atoms with E-state index in [1.807, 2.05) is 11.8 Å². The van der Waals surface area contributed by atoms with Crippen LogP contribution in [-0.2, 0) is 9.53 Å². The van der Waals surface area contributed by atoms with E-state index in [4.69, 9.17) is 4.74 Å². The summed E-state index contributed by atoms with van der Waals surface area (Å²) in [6.45, 7) is 5.44. The topological polar surface area (TPSA) is 49.8 Å². The highest BCUT2D eigenvalue weighted by atomic mass is 16.5. The molecule has 1 aliphatic heterocycles. The van der Waals surface area contributed by atoms with Gasteiger partial charge in [0, 0.05) is 6.54 Å². The van der Waals surface area contributed by atoms with Crippen molar-refractivity contribution in [3.8, 4) is 0 Å². The first-order valence-electron chi connectivity index (χ1n) is 5.74. The quantitative estimate of drug-likeness (QED) is 0.704. The average Bonchev–Trinajstić information content (AvgIpc) is 2.18. The summed E-state index contributed by atoms with van der Waals surface area (Å²) in [7, 11) is 0. The summed E-state index contributed by atoms with van der Waals surface area (Å²) in [4.78, 5) is 13.7. The van der Waals surface area contributed by atoms with E-state index in [1.165, 1.54) is 0 Å². The molecule has 4 nitrogen and oxygen atoms in total. The lowest BCUT2D eigenvalue weighted by Crippen LogP contribution is -2.48. The highest BCUT2D eigenvalue weighted by molar-refractivity contribution is 5.75. The minimum atomic E-state index is -0.389. The van der Waals surface area contributed by atoms with Gasteiger partial charge in [0.25, 0.3) is 0 Å². The van der Waals surface area contributed by atoms with E-state index in [1.54, 1.807) is 6.92 Å². The Morgan fingerprint density at radius 1 is 1.60 bits per heavy atom. The molecular weight excluding hydrogens is 194 g/mol. The second-order valence-electron chi connectivity index (χ2n) is 4.11. The first-order chi connectivity index (χ1) is 7.15. The Morgan fingerprint density at radius 2 is 2.33 bits per heavy atom. The Bertz CT molecular complexity index is 206. The number of carbonyl (C=O) groups excluding carboxylic acids is 1. The lowest BCUT2D eigenvalue weighted by atomic mass is 10.0. The molecule has 1 aliphatic rings. The summed E-state index contributed by atoms with van der Waals surface area (Å²) < 4.78 is 5.03. The molecule has 0 amide bonds. The molecule has 0 radical (unpaired) electrons. The summed E-state index contributed by atoms with van der Waals surface area (Å²) in [6.07, 6.45) is 2.63. The third-order valence-corrected chi connectivity index (χ3v) is 2.67. The Hall–Kier alpha value is -0.610. The van der Waals surface area contributed by atoms with Crippen LogP contribution in [0.25, 0.3) is 0 Å². The Labute approximate surface area is 91.2 Å². The molecule has 0 saturated carbocycles. The molecule has 1 unspecified atom stereocenters. The van der Waals surface area contributed by atoms with Gasteiger partial charge in [0.1, 0.15) is 6.04 Å². The first kappa shape index (κ1) is 12.5. The number of nitrogens with zero attached hydrogens (tertiary/aromatic N) is 1. The molecule has 1 N–H and O–H groups in total. The van der Waals surface area contributed by atoms with Gasteiger partial charge < -0.3 is 9.84 Å². The third-order valence-electron chi connectivity index (χ3n) is 2.67. The summed E-state index contributed by atoms with van der Waals surface area (Å²) in [5, 5.41) is 9.34. The number of aliphatic hydroxyl groups excluding tert-OH is 1. The predicted molar refractivity (Wildman–Crippen MR) is 57.5 cm³/mol. The third kappa shape index (κ3) is 3.80. The number of rotatable bonds is 4. The summed E-state index contributed by atoms with van der Waals surface area (Å²) in [5.74, 6) is -0.141. The van der Waals surface area contributed by atoms with Crippen molar-refractivity contribution >= 4 is 5.97 Å². The van der Waals surface area contributed by atoms with E-state index in [9.17, 15) is 9.90 Å². The van der Waals surface area contributed by atoms with Crippen LogP contribution in [0.4, 0.5) is 0 Å². The molecule has 0 aliphatic carbocycles. The van der Waals surface area contributed by atoms with E-state index in [-0.39, 0.29) is 18.1 Å².